The Morgan fingerprint density at radius 1 is 1.04 bits per heavy atom. The van der Waals surface area contributed by atoms with Crippen LogP contribution in [0.15, 0.2) is 48.5 Å². The van der Waals surface area contributed by atoms with E-state index in [-0.39, 0.29) is 30.3 Å². The van der Waals surface area contributed by atoms with E-state index in [9.17, 15) is 4.79 Å². The van der Waals surface area contributed by atoms with Gasteiger partial charge in [-0.15, -0.1) is 12.4 Å². The Labute approximate surface area is 173 Å². The fourth-order valence-corrected chi connectivity index (χ4v) is 3.79. The Morgan fingerprint density at radius 3 is 2.29 bits per heavy atom. The first kappa shape index (κ1) is 22.1. The summed E-state index contributed by atoms with van der Waals surface area (Å²) in [5.74, 6) is 1.51. The molecule has 2 aromatic carbocycles. The fraction of sp³-hybridized carbons (Fsp3) is 0.409. The van der Waals surface area contributed by atoms with Gasteiger partial charge in [0, 0.05) is 25.0 Å². The predicted molar refractivity (Wildman–Crippen MR) is 114 cm³/mol. The average Bonchev–Trinajstić information content (AvgIpc) is 3.08. The minimum absolute atomic E-state index is 0. The van der Waals surface area contributed by atoms with Gasteiger partial charge in [0.1, 0.15) is 0 Å². The van der Waals surface area contributed by atoms with Crippen molar-refractivity contribution in [2.45, 2.75) is 31.2 Å². The highest BCUT2D eigenvalue weighted by molar-refractivity contribution is 5.88. The number of hydrogen-bond donors (Lipinski definition) is 1. The van der Waals surface area contributed by atoms with Crippen molar-refractivity contribution >= 4 is 18.3 Å². The minimum atomic E-state index is -0.690. The molecular formula is C22H29ClN2O3. The molecule has 0 bridgehead atoms. The number of hydrogen-bond acceptors (Lipinski definition) is 4. The molecule has 0 aliphatic carbocycles. The van der Waals surface area contributed by atoms with E-state index >= 15 is 0 Å². The van der Waals surface area contributed by atoms with Gasteiger partial charge in [-0.1, -0.05) is 36.4 Å². The molecule has 0 saturated carbocycles. The molecule has 6 heteroatoms. The van der Waals surface area contributed by atoms with E-state index in [0.29, 0.717) is 24.6 Å². The third-order valence-electron chi connectivity index (χ3n) is 5.52. The van der Waals surface area contributed by atoms with Crippen LogP contribution >= 0.6 is 12.4 Å². The number of methoxy groups -OCH3 is 2. The van der Waals surface area contributed by atoms with Crippen LogP contribution in [0.5, 0.6) is 11.5 Å². The lowest BCUT2D eigenvalue weighted by Crippen LogP contribution is -2.43. The van der Waals surface area contributed by atoms with Gasteiger partial charge < -0.3 is 20.1 Å². The first-order chi connectivity index (χ1) is 12.9. The highest BCUT2D eigenvalue weighted by atomic mass is 35.5. The number of carbonyl (C=O) groups excluding carboxylic acids is 1. The van der Waals surface area contributed by atoms with Crippen molar-refractivity contribution in [1.82, 2.24) is 4.90 Å². The van der Waals surface area contributed by atoms with Gasteiger partial charge in [-0.3, -0.25) is 4.79 Å². The van der Waals surface area contributed by atoms with Crippen molar-refractivity contribution in [3.63, 3.8) is 0 Å². The van der Waals surface area contributed by atoms with Gasteiger partial charge in [-0.05, 0) is 37.1 Å². The van der Waals surface area contributed by atoms with Crippen molar-refractivity contribution in [2.75, 3.05) is 27.3 Å². The van der Waals surface area contributed by atoms with Gasteiger partial charge in [0.05, 0.1) is 19.6 Å². The van der Waals surface area contributed by atoms with E-state index in [2.05, 4.69) is 12.1 Å². The maximum absolute atomic E-state index is 13.3. The summed E-state index contributed by atoms with van der Waals surface area (Å²) in [6.45, 7) is 5.09. The fourth-order valence-electron chi connectivity index (χ4n) is 3.79. The molecule has 0 aromatic heterocycles. The Morgan fingerprint density at radius 2 is 1.68 bits per heavy atom. The second-order valence-electron chi connectivity index (χ2n) is 7.59. The summed E-state index contributed by atoms with van der Waals surface area (Å²) in [4.78, 5) is 15.2. The first-order valence-corrected chi connectivity index (χ1v) is 9.21. The lowest BCUT2D eigenvalue weighted by molar-refractivity contribution is -0.135. The normalized spacial score (nSPS) is 19.1. The van der Waals surface area contributed by atoms with Gasteiger partial charge in [-0.25, -0.2) is 0 Å². The van der Waals surface area contributed by atoms with Gasteiger partial charge in [0.25, 0.3) is 0 Å². The van der Waals surface area contributed by atoms with Crippen molar-refractivity contribution in [3.05, 3.63) is 59.7 Å². The highest BCUT2D eigenvalue weighted by Crippen LogP contribution is 2.36. The zero-order chi connectivity index (χ0) is 19.6. The molecule has 1 aliphatic rings. The number of halogens is 1. The van der Waals surface area contributed by atoms with Crippen LogP contribution in [0.2, 0.25) is 0 Å². The number of rotatable bonds is 5. The largest absolute Gasteiger partial charge is 0.493 e. The molecule has 1 fully saturated rings. The summed E-state index contributed by atoms with van der Waals surface area (Å²) in [6.07, 6.45) is 0. The van der Waals surface area contributed by atoms with Crippen molar-refractivity contribution in [1.29, 1.82) is 0 Å². The zero-order valence-electron chi connectivity index (χ0n) is 16.8. The molecule has 2 aromatic rings. The highest BCUT2D eigenvalue weighted by Gasteiger charge is 2.40. The van der Waals surface area contributed by atoms with Crippen LogP contribution in [0.1, 0.15) is 30.9 Å². The van der Waals surface area contributed by atoms with Gasteiger partial charge >= 0.3 is 0 Å². The Bertz CT molecular complexity index is 811. The van der Waals surface area contributed by atoms with Crippen LogP contribution in [-0.4, -0.2) is 44.2 Å². The molecule has 1 heterocycles. The monoisotopic (exact) mass is 404 g/mol. The second kappa shape index (κ2) is 8.84. The number of likely N-dealkylation sites (tertiary alicyclic amines) is 1. The van der Waals surface area contributed by atoms with E-state index < -0.39 is 5.41 Å². The van der Waals surface area contributed by atoms with E-state index in [1.807, 2.05) is 55.1 Å². The standard InChI is InChI=1S/C22H28N2O3.ClH/c1-22(2,16-10-11-19(26-3)20(12-16)27-4)21(25)24-13-17(18(23)14-24)15-8-6-5-7-9-15;/h5-12,17-18H,13-14,23H2,1-4H3;1H/t17-,18+;/m0./s1. The molecule has 1 aliphatic heterocycles. The van der Waals surface area contributed by atoms with E-state index in [4.69, 9.17) is 15.2 Å². The molecule has 0 unspecified atom stereocenters. The third kappa shape index (κ3) is 4.10. The Kier molecular flexibility index (Phi) is 6.96. The summed E-state index contributed by atoms with van der Waals surface area (Å²) < 4.78 is 10.7. The van der Waals surface area contributed by atoms with Crippen LogP contribution in [0.3, 0.4) is 0 Å². The predicted octanol–water partition coefficient (Wildman–Crippen LogP) is 3.36. The number of nitrogens with two attached hydrogens (primary N) is 1. The molecular weight excluding hydrogens is 376 g/mol. The maximum atomic E-state index is 13.3. The topological polar surface area (TPSA) is 64.8 Å². The summed E-state index contributed by atoms with van der Waals surface area (Å²) in [6, 6.07) is 15.8. The van der Waals surface area contributed by atoms with Crippen LogP contribution in [-0.2, 0) is 10.2 Å². The van der Waals surface area contributed by atoms with Gasteiger partial charge in [-0.2, -0.15) is 0 Å². The lowest BCUT2D eigenvalue weighted by atomic mass is 9.83. The number of carbonyl (C=O) groups is 1. The van der Waals surface area contributed by atoms with Crippen molar-refractivity contribution < 1.29 is 14.3 Å². The van der Waals surface area contributed by atoms with Gasteiger partial charge in [0.2, 0.25) is 5.91 Å². The average molecular weight is 405 g/mol. The lowest BCUT2D eigenvalue weighted by Gasteiger charge is -2.30. The van der Waals surface area contributed by atoms with Crippen molar-refractivity contribution in [3.8, 4) is 11.5 Å². The molecule has 5 nitrogen and oxygen atoms in total. The number of nitrogens with zero attached hydrogens (tertiary/aromatic N) is 1. The molecule has 3 rings (SSSR count). The number of amides is 1. The number of ether oxygens (including phenoxy) is 2. The third-order valence-corrected chi connectivity index (χ3v) is 5.52. The molecule has 152 valence electrons. The molecule has 2 atom stereocenters. The number of benzene rings is 2. The molecule has 1 amide bonds. The summed E-state index contributed by atoms with van der Waals surface area (Å²) in [5, 5.41) is 0. The molecule has 1 saturated heterocycles. The summed E-state index contributed by atoms with van der Waals surface area (Å²) in [5.41, 5.74) is 7.76. The smallest absolute Gasteiger partial charge is 0.232 e. The van der Waals surface area contributed by atoms with Crippen LogP contribution in [0.4, 0.5) is 0 Å². The maximum Gasteiger partial charge on any atom is 0.232 e. The van der Waals surface area contributed by atoms with E-state index in [0.717, 1.165) is 5.56 Å². The van der Waals surface area contributed by atoms with Crippen LogP contribution < -0.4 is 15.2 Å². The molecule has 0 spiro atoms. The Hall–Kier alpha value is -2.24. The molecule has 0 radical (unpaired) electrons. The van der Waals surface area contributed by atoms with Gasteiger partial charge in [0.15, 0.2) is 11.5 Å². The van der Waals surface area contributed by atoms with Crippen LogP contribution in [0.25, 0.3) is 0 Å². The summed E-state index contributed by atoms with van der Waals surface area (Å²) in [7, 11) is 3.20. The van der Waals surface area contributed by atoms with Crippen molar-refractivity contribution in [2.24, 2.45) is 5.73 Å². The quantitative estimate of drug-likeness (QED) is 0.829. The summed E-state index contributed by atoms with van der Waals surface area (Å²) >= 11 is 0. The van der Waals surface area contributed by atoms with E-state index in [1.54, 1.807) is 14.2 Å². The SMILES string of the molecule is COc1ccc(C(C)(C)C(=O)N2C[C@@H](N)[C@H](c3ccccc3)C2)cc1OC.Cl. The molecule has 28 heavy (non-hydrogen) atoms. The minimum Gasteiger partial charge on any atom is -0.493 e. The Balaban J connectivity index is 0.00000280. The molecule has 2 N–H and O–H groups in total. The first-order valence-electron chi connectivity index (χ1n) is 9.21. The van der Waals surface area contributed by atoms with Crippen LogP contribution in [0, 0.1) is 0 Å². The second-order valence-corrected chi connectivity index (χ2v) is 7.59. The zero-order valence-corrected chi connectivity index (χ0v) is 17.7. The van der Waals surface area contributed by atoms with E-state index in [1.165, 1.54) is 5.56 Å².